The molecule has 1 atom stereocenters. The molecule has 5 rings (SSSR count). The van der Waals surface area contributed by atoms with Crippen molar-refractivity contribution in [3.05, 3.63) is 59.8 Å². The highest BCUT2D eigenvalue weighted by atomic mass is 19.1. The normalized spacial score (nSPS) is 22.5. The van der Waals surface area contributed by atoms with E-state index in [2.05, 4.69) is 4.98 Å². The number of amides is 2. The predicted octanol–water partition coefficient (Wildman–Crippen LogP) is 2.68. The van der Waals surface area contributed by atoms with Crippen molar-refractivity contribution in [3.63, 3.8) is 0 Å². The van der Waals surface area contributed by atoms with E-state index in [1.807, 2.05) is 4.90 Å². The van der Waals surface area contributed by atoms with Crippen molar-refractivity contribution in [1.29, 1.82) is 0 Å². The number of nitrogens with zero attached hydrogens (tertiary/aromatic N) is 4. The molecule has 1 spiro atoms. The minimum Gasteiger partial charge on any atom is -0.440 e. The van der Waals surface area contributed by atoms with E-state index in [4.69, 9.17) is 4.74 Å². The molecule has 3 saturated heterocycles. The minimum absolute atomic E-state index is 0.249. The zero-order valence-electron chi connectivity index (χ0n) is 16.8. The molecule has 31 heavy (non-hydrogen) atoms. The lowest BCUT2D eigenvalue weighted by Crippen LogP contribution is -2.61. The molecule has 4 heterocycles. The number of hydrogen-bond acceptors (Lipinski definition) is 5. The standard InChI is InChI=1S/C22H22F2N4O3/c23-16-3-1-2-15(12-16)20(29)27-10-11-28-18(14-27)22(31-21(28)30)6-8-26(9-7-22)19-5-4-17(24)13-25-19/h1-5,12-13,18H,6-11,14H2. The summed E-state index contributed by atoms with van der Waals surface area (Å²) in [5.74, 6) is -0.407. The summed E-state index contributed by atoms with van der Waals surface area (Å²) in [7, 11) is 0. The second-order valence-corrected chi connectivity index (χ2v) is 8.23. The first-order chi connectivity index (χ1) is 14.9. The maximum Gasteiger partial charge on any atom is 0.410 e. The van der Waals surface area contributed by atoms with E-state index < -0.39 is 11.4 Å². The highest BCUT2D eigenvalue weighted by Crippen LogP contribution is 2.41. The number of piperazine rings is 1. The number of hydrogen-bond donors (Lipinski definition) is 0. The van der Waals surface area contributed by atoms with Gasteiger partial charge < -0.3 is 14.5 Å². The summed E-state index contributed by atoms with van der Waals surface area (Å²) < 4.78 is 32.6. The number of pyridine rings is 1. The molecule has 2 aromatic rings. The van der Waals surface area contributed by atoms with Crippen LogP contribution in [0.25, 0.3) is 0 Å². The van der Waals surface area contributed by atoms with Crippen molar-refractivity contribution in [2.75, 3.05) is 37.6 Å². The monoisotopic (exact) mass is 428 g/mol. The number of anilines is 1. The van der Waals surface area contributed by atoms with Gasteiger partial charge in [0, 0.05) is 51.1 Å². The van der Waals surface area contributed by atoms with E-state index in [0.717, 1.165) is 0 Å². The molecule has 2 amide bonds. The van der Waals surface area contributed by atoms with Crippen LogP contribution < -0.4 is 4.90 Å². The number of piperidine rings is 1. The Kier molecular flexibility index (Phi) is 4.75. The number of halogens is 2. The average Bonchev–Trinajstić information content (AvgIpc) is 3.05. The van der Waals surface area contributed by atoms with Gasteiger partial charge in [-0.25, -0.2) is 18.6 Å². The zero-order valence-corrected chi connectivity index (χ0v) is 16.8. The van der Waals surface area contributed by atoms with E-state index in [9.17, 15) is 18.4 Å². The Labute approximate surface area is 178 Å². The van der Waals surface area contributed by atoms with E-state index in [1.54, 1.807) is 21.9 Å². The van der Waals surface area contributed by atoms with Gasteiger partial charge in [-0.15, -0.1) is 0 Å². The van der Waals surface area contributed by atoms with Gasteiger partial charge in [-0.2, -0.15) is 0 Å². The number of aromatic nitrogens is 1. The van der Waals surface area contributed by atoms with Crippen LogP contribution in [-0.2, 0) is 4.74 Å². The lowest BCUT2D eigenvalue weighted by atomic mass is 9.83. The molecule has 0 bridgehead atoms. The Bertz CT molecular complexity index is 1010. The van der Waals surface area contributed by atoms with Gasteiger partial charge in [0.1, 0.15) is 23.1 Å². The molecule has 162 valence electrons. The Balaban J connectivity index is 1.32. The summed E-state index contributed by atoms with van der Waals surface area (Å²) in [6.45, 7) is 2.32. The molecule has 1 aromatic heterocycles. The van der Waals surface area contributed by atoms with Crippen LogP contribution in [0, 0.1) is 11.6 Å². The van der Waals surface area contributed by atoms with Crippen LogP contribution in [-0.4, -0.2) is 71.2 Å². The lowest BCUT2D eigenvalue weighted by Gasteiger charge is -2.45. The molecule has 0 radical (unpaired) electrons. The summed E-state index contributed by atoms with van der Waals surface area (Å²) in [5.41, 5.74) is -0.390. The van der Waals surface area contributed by atoms with Crippen molar-refractivity contribution >= 4 is 17.8 Å². The third kappa shape index (κ3) is 3.47. The maximum atomic E-state index is 13.6. The van der Waals surface area contributed by atoms with E-state index in [0.29, 0.717) is 56.9 Å². The molecular weight excluding hydrogens is 406 g/mol. The number of fused-ring (bicyclic) bond motifs is 2. The third-order valence-corrected chi connectivity index (χ3v) is 6.52. The molecule has 0 N–H and O–H groups in total. The number of carbonyl (C=O) groups is 2. The number of rotatable bonds is 2. The maximum absolute atomic E-state index is 13.6. The van der Waals surface area contributed by atoms with E-state index >= 15 is 0 Å². The molecule has 1 aromatic carbocycles. The second kappa shape index (κ2) is 7.47. The summed E-state index contributed by atoms with van der Waals surface area (Å²) >= 11 is 0. The van der Waals surface area contributed by atoms with Gasteiger partial charge >= 0.3 is 6.09 Å². The van der Waals surface area contributed by atoms with Crippen LogP contribution >= 0.6 is 0 Å². The summed E-state index contributed by atoms with van der Waals surface area (Å²) in [6, 6.07) is 8.40. The Morgan fingerprint density at radius 2 is 1.87 bits per heavy atom. The summed E-state index contributed by atoms with van der Waals surface area (Å²) in [5, 5.41) is 0. The molecule has 0 saturated carbocycles. The minimum atomic E-state index is -0.686. The van der Waals surface area contributed by atoms with Crippen LogP contribution in [0.5, 0.6) is 0 Å². The van der Waals surface area contributed by atoms with Gasteiger partial charge in [0.25, 0.3) is 5.91 Å². The SMILES string of the molecule is O=C(c1cccc(F)c1)N1CCN2C(=O)OC3(CCN(c4ccc(F)cn4)CC3)C2C1. The number of ether oxygens (including phenoxy) is 1. The summed E-state index contributed by atoms with van der Waals surface area (Å²) in [6.07, 6.45) is 2.01. The van der Waals surface area contributed by atoms with Crippen molar-refractivity contribution in [2.24, 2.45) is 0 Å². The van der Waals surface area contributed by atoms with Gasteiger partial charge in [-0.05, 0) is 30.3 Å². The molecule has 7 nitrogen and oxygen atoms in total. The largest absolute Gasteiger partial charge is 0.440 e. The van der Waals surface area contributed by atoms with Crippen LogP contribution in [0.2, 0.25) is 0 Å². The van der Waals surface area contributed by atoms with E-state index in [-0.39, 0.29) is 23.9 Å². The number of benzene rings is 1. The van der Waals surface area contributed by atoms with Crippen molar-refractivity contribution in [2.45, 2.75) is 24.5 Å². The van der Waals surface area contributed by atoms with Crippen LogP contribution in [0.15, 0.2) is 42.6 Å². The molecule has 1 unspecified atom stereocenters. The first kappa shape index (κ1) is 19.7. The quantitative estimate of drug-likeness (QED) is 0.736. The Morgan fingerprint density at radius 1 is 1.06 bits per heavy atom. The fraction of sp³-hybridized carbons (Fsp3) is 0.409. The number of carbonyl (C=O) groups excluding carboxylic acids is 2. The molecule has 0 aliphatic carbocycles. The molecule has 3 fully saturated rings. The van der Waals surface area contributed by atoms with Crippen LogP contribution in [0.3, 0.4) is 0 Å². The average molecular weight is 428 g/mol. The van der Waals surface area contributed by atoms with Crippen LogP contribution in [0.1, 0.15) is 23.2 Å². The van der Waals surface area contributed by atoms with Gasteiger partial charge in [0.2, 0.25) is 0 Å². The molecule has 3 aliphatic heterocycles. The fourth-order valence-electron chi connectivity index (χ4n) is 4.85. The molecule has 3 aliphatic rings. The second-order valence-electron chi connectivity index (χ2n) is 8.23. The van der Waals surface area contributed by atoms with Gasteiger partial charge in [0.15, 0.2) is 0 Å². The third-order valence-electron chi connectivity index (χ3n) is 6.52. The van der Waals surface area contributed by atoms with E-state index in [1.165, 1.54) is 30.5 Å². The van der Waals surface area contributed by atoms with Crippen molar-refractivity contribution in [3.8, 4) is 0 Å². The van der Waals surface area contributed by atoms with Crippen molar-refractivity contribution < 1.29 is 23.1 Å². The van der Waals surface area contributed by atoms with Gasteiger partial charge in [0.05, 0.1) is 12.2 Å². The van der Waals surface area contributed by atoms with Crippen LogP contribution in [0.4, 0.5) is 19.4 Å². The molecular formula is C22H22F2N4O3. The van der Waals surface area contributed by atoms with Gasteiger partial charge in [-0.3, -0.25) is 9.69 Å². The lowest BCUT2D eigenvalue weighted by molar-refractivity contribution is -0.00321. The predicted molar refractivity (Wildman–Crippen MR) is 108 cm³/mol. The zero-order chi connectivity index (χ0) is 21.6. The van der Waals surface area contributed by atoms with Gasteiger partial charge in [-0.1, -0.05) is 6.07 Å². The Morgan fingerprint density at radius 3 is 2.58 bits per heavy atom. The first-order valence-electron chi connectivity index (χ1n) is 10.4. The Hall–Kier alpha value is -3.23. The highest BCUT2D eigenvalue weighted by Gasteiger charge is 2.57. The first-order valence-corrected chi connectivity index (χ1v) is 10.4. The summed E-state index contributed by atoms with van der Waals surface area (Å²) in [4.78, 5) is 35.0. The topological polar surface area (TPSA) is 66.0 Å². The highest BCUT2D eigenvalue weighted by molar-refractivity contribution is 5.94. The van der Waals surface area contributed by atoms with Crippen molar-refractivity contribution in [1.82, 2.24) is 14.8 Å². The smallest absolute Gasteiger partial charge is 0.410 e. The fourth-order valence-corrected chi connectivity index (χ4v) is 4.85. The molecule has 9 heteroatoms.